The van der Waals surface area contributed by atoms with Crippen molar-refractivity contribution in [3.05, 3.63) is 50.3 Å². The molecule has 4 rings (SSSR count). The number of aromatic nitrogens is 2. The Labute approximate surface area is 206 Å². The van der Waals surface area contributed by atoms with Crippen LogP contribution in [0.4, 0.5) is 5.69 Å². The molecule has 0 bridgehead atoms. The minimum absolute atomic E-state index is 0.0717. The van der Waals surface area contributed by atoms with Crippen molar-refractivity contribution in [2.75, 3.05) is 25.5 Å². The number of nitrogens with one attached hydrogen (secondary N) is 1. The lowest BCUT2D eigenvalue weighted by atomic mass is 9.92. The number of hydrogen-bond acceptors (Lipinski definition) is 6. The summed E-state index contributed by atoms with van der Waals surface area (Å²) in [5, 5.41) is 3.61. The molecule has 1 aliphatic heterocycles. The fourth-order valence-corrected chi connectivity index (χ4v) is 5.76. The summed E-state index contributed by atoms with van der Waals surface area (Å²) >= 11 is 7.19. The molecule has 2 atom stereocenters. The van der Waals surface area contributed by atoms with Crippen molar-refractivity contribution in [1.82, 2.24) is 14.5 Å². The largest absolute Gasteiger partial charge is 0.495 e. The predicted molar refractivity (Wildman–Crippen MR) is 134 cm³/mol. The lowest BCUT2D eigenvalue weighted by Gasteiger charge is -2.35. The van der Waals surface area contributed by atoms with Crippen molar-refractivity contribution in [1.29, 1.82) is 0 Å². The fraction of sp³-hybridized carbons (Fsp3) is 0.417. The number of amides is 2. The second kappa shape index (κ2) is 9.76. The Hall–Kier alpha value is -2.91. The number of fused-ring (bicyclic) bond motifs is 1. The highest BCUT2D eigenvalue weighted by molar-refractivity contribution is 7.20. The molecular formula is C24H27ClN4O4S. The molecule has 2 amide bonds. The summed E-state index contributed by atoms with van der Waals surface area (Å²) in [4.78, 5) is 46.2. The highest BCUT2D eigenvalue weighted by Crippen LogP contribution is 2.31. The summed E-state index contributed by atoms with van der Waals surface area (Å²) in [5.41, 5.74) is 0.625. The molecular weight excluding hydrogens is 476 g/mol. The number of carbonyl (C=O) groups excluding carboxylic acids is 2. The average molecular weight is 503 g/mol. The number of carbonyl (C=O) groups is 2. The van der Waals surface area contributed by atoms with Crippen LogP contribution < -0.4 is 15.6 Å². The van der Waals surface area contributed by atoms with E-state index in [9.17, 15) is 14.4 Å². The van der Waals surface area contributed by atoms with E-state index in [1.54, 1.807) is 25.1 Å². The Bertz CT molecular complexity index is 1310. The highest BCUT2D eigenvalue weighted by Gasteiger charge is 2.26. The molecule has 1 aromatic carbocycles. The monoisotopic (exact) mass is 502 g/mol. The number of rotatable bonds is 5. The van der Waals surface area contributed by atoms with E-state index < -0.39 is 0 Å². The first kappa shape index (κ1) is 24.2. The first-order valence-corrected chi connectivity index (χ1v) is 12.3. The summed E-state index contributed by atoms with van der Waals surface area (Å²) in [6.45, 7) is 7.31. The van der Waals surface area contributed by atoms with E-state index in [-0.39, 0.29) is 23.9 Å². The van der Waals surface area contributed by atoms with Gasteiger partial charge in [-0.1, -0.05) is 25.4 Å². The van der Waals surface area contributed by atoms with Crippen LogP contribution in [0.25, 0.3) is 10.2 Å². The van der Waals surface area contributed by atoms with Crippen LogP contribution in [0.15, 0.2) is 29.3 Å². The normalized spacial score (nSPS) is 18.2. The molecule has 0 spiro atoms. The quantitative estimate of drug-likeness (QED) is 0.564. The number of halogens is 1. The van der Waals surface area contributed by atoms with Crippen LogP contribution in [-0.2, 0) is 11.3 Å². The van der Waals surface area contributed by atoms with Crippen LogP contribution in [0.1, 0.15) is 35.5 Å². The number of aryl methyl sites for hydroxylation is 1. The van der Waals surface area contributed by atoms with Gasteiger partial charge in [-0.05, 0) is 48.9 Å². The summed E-state index contributed by atoms with van der Waals surface area (Å²) in [6, 6.07) is 4.93. The fourth-order valence-electron chi connectivity index (χ4n) is 4.56. The third kappa shape index (κ3) is 4.81. The minimum Gasteiger partial charge on any atom is -0.495 e. The summed E-state index contributed by atoms with van der Waals surface area (Å²) < 4.78 is 6.62. The molecule has 3 heterocycles. The maximum Gasteiger partial charge on any atom is 0.266 e. The predicted octanol–water partition coefficient (Wildman–Crippen LogP) is 4.19. The van der Waals surface area contributed by atoms with Gasteiger partial charge in [-0.3, -0.25) is 19.0 Å². The Kier molecular flexibility index (Phi) is 6.95. The smallest absolute Gasteiger partial charge is 0.266 e. The second-order valence-electron chi connectivity index (χ2n) is 8.96. The molecule has 34 heavy (non-hydrogen) atoms. The molecule has 0 saturated carbocycles. The number of thiophene rings is 1. The zero-order valence-corrected chi connectivity index (χ0v) is 21.1. The van der Waals surface area contributed by atoms with Crippen LogP contribution >= 0.6 is 22.9 Å². The topological polar surface area (TPSA) is 93.5 Å². The van der Waals surface area contributed by atoms with Gasteiger partial charge >= 0.3 is 0 Å². The van der Waals surface area contributed by atoms with Crippen molar-refractivity contribution < 1.29 is 14.3 Å². The zero-order chi connectivity index (χ0) is 24.6. The van der Waals surface area contributed by atoms with E-state index in [0.29, 0.717) is 62.0 Å². The minimum atomic E-state index is -0.389. The Morgan fingerprint density at radius 1 is 1.26 bits per heavy atom. The molecule has 0 aliphatic carbocycles. The molecule has 2 unspecified atom stereocenters. The molecule has 1 fully saturated rings. The van der Waals surface area contributed by atoms with Gasteiger partial charge in [0.1, 0.15) is 17.1 Å². The van der Waals surface area contributed by atoms with Crippen LogP contribution in [0.3, 0.4) is 0 Å². The molecule has 2 aromatic heterocycles. The number of likely N-dealkylation sites (tertiary alicyclic amines) is 1. The maximum absolute atomic E-state index is 13.2. The number of methoxy groups -OCH3 is 1. The molecule has 0 radical (unpaired) electrons. The first-order valence-electron chi connectivity index (χ1n) is 11.1. The second-order valence-corrected chi connectivity index (χ2v) is 10.4. The average Bonchev–Trinajstić information content (AvgIpc) is 3.12. The maximum atomic E-state index is 13.2. The zero-order valence-electron chi connectivity index (χ0n) is 19.6. The van der Waals surface area contributed by atoms with Crippen LogP contribution in [0.5, 0.6) is 5.75 Å². The molecule has 180 valence electrons. The van der Waals surface area contributed by atoms with Gasteiger partial charge in [-0.2, -0.15) is 0 Å². The van der Waals surface area contributed by atoms with Gasteiger partial charge in [0.2, 0.25) is 5.91 Å². The van der Waals surface area contributed by atoms with Crippen LogP contribution in [0, 0.1) is 18.8 Å². The summed E-state index contributed by atoms with van der Waals surface area (Å²) in [6.07, 6.45) is 2.48. The Morgan fingerprint density at radius 2 is 1.97 bits per heavy atom. The first-order chi connectivity index (χ1) is 16.2. The third-order valence-electron chi connectivity index (χ3n) is 6.06. The van der Waals surface area contributed by atoms with E-state index in [0.717, 1.165) is 17.8 Å². The van der Waals surface area contributed by atoms with Crippen molar-refractivity contribution >= 4 is 50.7 Å². The number of ether oxygens (including phenoxy) is 1. The lowest BCUT2D eigenvalue weighted by Crippen LogP contribution is -2.44. The molecule has 1 N–H and O–H groups in total. The van der Waals surface area contributed by atoms with Gasteiger partial charge in [0.15, 0.2) is 0 Å². The van der Waals surface area contributed by atoms with E-state index in [1.807, 2.05) is 4.90 Å². The summed E-state index contributed by atoms with van der Waals surface area (Å²) in [5.74, 6) is 0.850. The summed E-state index contributed by atoms with van der Waals surface area (Å²) in [7, 11) is 1.50. The van der Waals surface area contributed by atoms with Crippen molar-refractivity contribution in [3.8, 4) is 5.75 Å². The van der Waals surface area contributed by atoms with E-state index >= 15 is 0 Å². The molecule has 8 nitrogen and oxygen atoms in total. The Balaban J connectivity index is 1.60. The van der Waals surface area contributed by atoms with Gasteiger partial charge in [0, 0.05) is 18.1 Å². The molecule has 10 heteroatoms. The number of piperidine rings is 1. The number of benzene rings is 1. The van der Waals surface area contributed by atoms with Crippen molar-refractivity contribution in [2.24, 2.45) is 11.8 Å². The van der Waals surface area contributed by atoms with E-state index in [2.05, 4.69) is 24.1 Å². The SMILES string of the molecule is COc1ccc(Cl)cc1NC(=O)c1sc2ncn(CC(=O)N3CC(C)CC(C)C3)c(=O)c2c1C. The standard InChI is InChI=1S/C24H27ClN4O4S/c1-13-7-14(2)10-28(9-13)19(30)11-29-12-26-23-20(24(29)32)15(3)21(34-23)22(31)27-17-8-16(25)5-6-18(17)33-4/h5-6,8,12-14H,7,9-11H2,1-4H3,(H,27,31). The van der Waals surface area contributed by atoms with Gasteiger partial charge in [0.25, 0.3) is 11.5 Å². The Morgan fingerprint density at radius 3 is 2.65 bits per heavy atom. The molecule has 3 aromatic rings. The lowest BCUT2D eigenvalue weighted by molar-refractivity contribution is -0.134. The van der Waals surface area contributed by atoms with E-state index in [4.69, 9.17) is 16.3 Å². The highest BCUT2D eigenvalue weighted by atomic mass is 35.5. The van der Waals surface area contributed by atoms with E-state index in [1.165, 1.54) is 18.0 Å². The van der Waals surface area contributed by atoms with Gasteiger partial charge < -0.3 is 15.0 Å². The molecule has 1 aliphatic rings. The van der Waals surface area contributed by atoms with Crippen molar-refractivity contribution in [3.63, 3.8) is 0 Å². The number of hydrogen-bond donors (Lipinski definition) is 1. The number of nitrogens with zero attached hydrogens (tertiary/aromatic N) is 3. The van der Waals surface area contributed by atoms with Crippen LogP contribution in [0.2, 0.25) is 5.02 Å². The molecule has 1 saturated heterocycles. The third-order valence-corrected chi connectivity index (χ3v) is 7.49. The van der Waals surface area contributed by atoms with Gasteiger partial charge in [-0.15, -0.1) is 11.3 Å². The van der Waals surface area contributed by atoms with Crippen LogP contribution in [-0.4, -0.2) is 46.5 Å². The number of anilines is 1. The van der Waals surface area contributed by atoms with Gasteiger partial charge in [0.05, 0.1) is 29.4 Å². The van der Waals surface area contributed by atoms with Gasteiger partial charge in [-0.25, -0.2) is 4.98 Å². The van der Waals surface area contributed by atoms with Crippen molar-refractivity contribution in [2.45, 2.75) is 33.7 Å².